The van der Waals surface area contributed by atoms with Crippen molar-refractivity contribution in [1.29, 1.82) is 0 Å². The molecule has 0 aliphatic heterocycles. The smallest absolute Gasteiger partial charge is 0.300 e. The summed E-state index contributed by atoms with van der Waals surface area (Å²) in [6.07, 6.45) is 0.942. The molecule has 0 aliphatic rings. The van der Waals surface area contributed by atoms with Crippen LogP contribution in [0.1, 0.15) is 10.4 Å². The van der Waals surface area contributed by atoms with Crippen molar-refractivity contribution < 1.29 is 9.72 Å². The van der Waals surface area contributed by atoms with Gasteiger partial charge in [-0.25, -0.2) is 4.98 Å². The van der Waals surface area contributed by atoms with Crippen LogP contribution < -0.4 is 11.1 Å². The van der Waals surface area contributed by atoms with Gasteiger partial charge in [-0.15, -0.1) is 0 Å². The molecule has 0 atom stereocenters. The predicted octanol–water partition coefficient (Wildman–Crippen LogP) is 3.24. The summed E-state index contributed by atoms with van der Waals surface area (Å²) in [6.45, 7) is 0. The fraction of sp³-hybridized carbons (Fsp3) is 0. The van der Waals surface area contributed by atoms with Crippen LogP contribution in [-0.4, -0.2) is 15.8 Å². The number of nitro groups is 1. The van der Waals surface area contributed by atoms with E-state index in [2.05, 4.69) is 26.2 Å². The third-order valence-electron chi connectivity index (χ3n) is 2.52. The van der Waals surface area contributed by atoms with Crippen molar-refractivity contribution >= 4 is 50.6 Å². The van der Waals surface area contributed by atoms with Gasteiger partial charge in [0, 0.05) is 9.50 Å². The maximum atomic E-state index is 12.2. The molecular formula is C12H8BrClN4O3. The van der Waals surface area contributed by atoms with Gasteiger partial charge < -0.3 is 11.1 Å². The van der Waals surface area contributed by atoms with Crippen molar-refractivity contribution in [3.8, 4) is 0 Å². The van der Waals surface area contributed by atoms with E-state index in [1.807, 2.05) is 0 Å². The summed E-state index contributed by atoms with van der Waals surface area (Å²) in [5.41, 5.74) is 5.24. The Morgan fingerprint density at radius 2 is 2.14 bits per heavy atom. The Bertz CT molecular complexity index is 738. The van der Waals surface area contributed by atoms with Gasteiger partial charge in [-0.2, -0.15) is 0 Å². The fourth-order valence-electron chi connectivity index (χ4n) is 1.57. The predicted molar refractivity (Wildman–Crippen MR) is 82.4 cm³/mol. The average molecular weight is 372 g/mol. The van der Waals surface area contributed by atoms with Crippen LogP contribution in [0.5, 0.6) is 0 Å². The Balaban J connectivity index is 2.39. The van der Waals surface area contributed by atoms with Crippen LogP contribution >= 0.6 is 27.5 Å². The first-order valence-corrected chi connectivity index (χ1v) is 6.72. The van der Waals surface area contributed by atoms with E-state index in [-0.39, 0.29) is 11.4 Å². The number of nitrogens with two attached hydrogens (primary N) is 1. The monoisotopic (exact) mass is 370 g/mol. The minimum atomic E-state index is -0.700. The van der Waals surface area contributed by atoms with Crippen molar-refractivity contribution in [2.45, 2.75) is 0 Å². The maximum absolute atomic E-state index is 12.2. The molecule has 108 valence electrons. The number of aromatic nitrogens is 1. The molecule has 0 saturated heterocycles. The van der Waals surface area contributed by atoms with Crippen LogP contribution in [0.25, 0.3) is 0 Å². The lowest BCUT2D eigenvalue weighted by molar-refractivity contribution is -0.385. The minimum Gasteiger partial charge on any atom is -0.384 e. The minimum absolute atomic E-state index is 0.0101. The van der Waals surface area contributed by atoms with Crippen LogP contribution in [0.3, 0.4) is 0 Å². The Hall–Kier alpha value is -2.19. The second-order valence-corrected chi connectivity index (χ2v) is 5.25. The van der Waals surface area contributed by atoms with Gasteiger partial charge in [0.2, 0.25) is 0 Å². The van der Waals surface area contributed by atoms with Crippen molar-refractivity contribution in [3.05, 3.63) is 55.6 Å². The number of nitrogens with zero attached hydrogens (tertiary/aromatic N) is 2. The lowest BCUT2D eigenvalue weighted by atomic mass is 10.2. The zero-order valence-electron chi connectivity index (χ0n) is 10.3. The number of nitrogen functional groups attached to an aromatic ring is 1. The number of hydrogen-bond donors (Lipinski definition) is 2. The van der Waals surface area contributed by atoms with Gasteiger partial charge in [0.1, 0.15) is 17.6 Å². The third-order valence-corrected chi connectivity index (χ3v) is 3.45. The molecular weight excluding hydrogens is 364 g/mol. The van der Waals surface area contributed by atoms with E-state index in [9.17, 15) is 14.9 Å². The van der Waals surface area contributed by atoms with Crippen LogP contribution in [0, 0.1) is 10.1 Å². The first kappa shape index (κ1) is 15.2. The van der Waals surface area contributed by atoms with Crippen molar-refractivity contribution in [2.75, 3.05) is 11.1 Å². The van der Waals surface area contributed by atoms with E-state index < -0.39 is 16.5 Å². The number of rotatable bonds is 3. The first-order chi connectivity index (χ1) is 9.88. The largest absolute Gasteiger partial charge is 0.384 e. The van der Waals surface area contributed by atoms with Gasteiger partial charge in [-0.3, -0.25) is 14.9 Å². The topological polar surface area (TPSA) is 111 Å². The molecule has 0 aliphatic carbocycles. The highest BCUT2D eigenvalue weighted by Crippen LogP contribution is 2.27. The molecule has 1 amide bonds. The molecule has 0 unspecified atom stereocenters. The molecule has 0 spiro atoms. The number of carbonyl (C=O) groups excluding carboxylic acids is 1. The summed E-state index contributed by atoms with van der Waals surface area (Å²) >= 11 is 9.09. The van der Waals surface area contributed by atoms with Crippen LogP contribution in [0.4, 0.5) is 17.2 Å². The van der Waals surface area contributed by atoms with Gasteiger partial charge in [0.25, 0.3) is 11.6 Å². The highest BCUT2D eigenvalue weighted by atomic mass is 79.9. The zero-order valence-corrected chi connectivity index (χ0v) is 12.7. The molecule has 2 rings (SSSR count). The molecule has 2 aromatic rings. The Kier molecular flexibility index (Phi) is 4.39. The van der Waals surface area contributed by atoms with Crippen molar-refractivity contribution in [3.63, 3.8) is 0 Å². The Morgan fingerprint density at radius 1 is 1.43 bits per heavy atom. The number of nitrogens with one attached hydrogen (secondary N) is 1. The highest BCUT2D eigenvalue weighted by Gasteiger charge is 2.22. The summed E-state index contributed by atoms with van der Waals surface area (Å²) < 4.78 is 0.588. The molecule has 0 radical (unpaired) electrons. The lowest BCUT2D eigenvalue weighted by Crippen LogP contribution is -2.15. The Morgan fingerprint density at radius 3 is 2.81 bits per heavy atom. The summed E-state index contributed by atoms with van der Waals surface area (Å²) in [5.74, 6) is -0.672. The highest BCUT2D eigenvalue weighted by molar-refractivity contribution is 9.10. The SMILES string of the molecule is Nc1cc(C(=O)Nc2cc(Cl)ccc2Br)c([N+](=O)[O-])cn1. The first-order valence-electron chi connectivity index (χ1n) is 5.55. The lowest BCUT2D eigenvalue weighted by Gasteiger charge is -2.08. The average Bonchev–Trinajstić information content (AvgIpc) is 2.42. The van der Waals surface area contributed by atoms with E-state index in [1.165, 1.54) is 6.07 Å². The van der Waals surface area contributed by atoms with E-state index >= 15 is 0 Å². The van der Waals surface area contributed by atoms with Crippen LogP contribution in [0.15, 0.2) is 34.9 Å². The van der Waals surface area contributed by atoms with E-state index in [0.29, 0.717) is 15.2 Å². The second-order valence-electron chi connectivity index (χ2n) is 3.96. The molecule has 1 heterocycles. The van der Waals surface area contributed by atoms with Gasteiger partial charge >= 0.3 is 0 Å². The number of anilines is 2. The molecule has 9 heteroatoms. The normalized spacial score (nSPS) is 10.2. The van der Waals surface area contributed by atoms with Crippen LogP contribution in [-0.2, 0) is 0 Å². The fourth-order valence-corrected chi connectivity index (χ4v) is 2.09. The molecule has 1 aromatic heterocycles. The molecule has 1 aromatic carbocycles. The molecule has 0 fully saturated rings. The second kappa shape index (κ2) is 6.06. The maximum Gasteiger partial charge on any atom is 0.300 e. The molecule has 7 nitrogen and oxygen atoms in total. The summed E-state index contributed by atoms with van der Waals surface area (Å²) in [6, 6.07) is 5.94. The van der Waals surface area contributed by atoms with Crippen molar-refractivity contribution in [1.82, 2.24) is 4.98 Å². The van der Waals surface area contributed by atoms with Gasteiger partial charge in [0.05, 0.1) is 10.6 Å². The number of benzene rings is 1. The summed E-state index contributed by atoms with van der Waals surface area (Å²) in [7, 11) is 0. The number of amides is 1. The third kappa shape index (κ3) is 3.47. The standard InChI is InChI=1S/C12H8BrClN4O3/c13-8-2-1-6(14)3-9(8)17-12(19)7-4-11(15)16-5-10(7)18(20)21/h1-5H,(H2,15,16)(H,17,19). The number of pyridine rings is 1. The summed E-state index contributed by atoms with van der Waals surface area (Å²) in [4.78, 5) is 26.0. The molecule has 0 bridgehead atoms. The summed E-state index contributed by atoms with van der Waals surface area (Å²) in [5, 5.41) is 13.9. The molecule has 0 saturated carbocycles. The number of carbonyl (C=O) groups is 1. The van der Waals surface area contributed by atoms with Crippen LogP contribution in [0.2, 0.25) is 5.02 Å². The van der Waals surface area contributed by atoms with Gasteiger partial charge in [-0.05, 0) is 40.2 Å². The molecule has 3 N–H and O–H groups in total. The van der Waals surface area contributed by atoms with E-state index in [0.717, 1.165) is 12.3 Å². The van der Waals surface area contributed by atoms with Gasteiger partial charge in [-0.1, -0.05) is 11.6 Å². The van der Waals surface area contributed by atoms with E-state index in [1.54, 1.807) is 12.1 Å². The molecule has 21 heavy (non-hydrogen) atoms. The van der Waals surface area contributed by atoms with Crippen molar-refractivity contribution in [2.24, 2.45) is 0 Å². The zero-order chi connectivity index (χ0) is 15.6. The quantitative estimate of drug-likeness (QED) is 0.635. The number of hydrogen-bond acceptors (Lipinski definition) is 5. The number of halogens is 2. The Labute approximate surface area is 132 Å². The van der Waals surface area contributed by atoms with Gasteiger partial charge in [0.15, 0.2) is 0 Å². The van der Waals surface area contributed by atoms with E-state index in [4.69, 9.17) is 17.3 Å².